The predicted molar refractivity (Wildman–Crippen MR) is 70.3 cm³/mol. The van der Waals surface area contributed by atoms with Gasteiger partial charge in [0, 0.05) is 12.2 Å². The Labute approximate surface area is 111 Å². The Morgan fingerprint density at radius 1 is 1.26 bits per heavy atom. The SMILES string of the molecule is Cc1ccc(C(F)(F)F)cc1NCC1CCNCC1. The standard InChI is InChI=1S/C14H19F3N2/c1-10-2-3-12(14(15,16)17)8-13(10)19-9-11-4-6-18-7-5-11/h2-3,8,11,18-19H,4-7,9H2,1H3. The maximum atomic E-state index is 12.7. The molecule has 2 N–H and O–H groups in total. The van der Waals surface area contributed by atoms with Crippen molar-refractivity contribution in [2.24, 2.45) is 5.92 Å². The molecule has 0 unspecified atom stereocenters. The highest BCUT2D eigenvalue weighted by Gasteiger charge is 2.30. The van der Waals surface area contributed by atoms with Crippen LogP contribution in [0.5, 0.6) is 0 Å². The summed E-state index contributed by atoms with van der Waals surface area (Å²) in [4.78, 5) is 0. The zero-order valence-corrected chi connectivity index (χ0v) is 11.0. The number of benzene rings is 1. The average Bonchev–Trinajstić information content (AvgIpc) is 2.37. The van der Waals surface area contributed by atoms with Crippen LogP contribution in [0, 0.1) is 12.8 Å². The second-order valence-electron chi connectivity index (χ2n) is 5.10. The number of hydrogen-bond donors (Lipinski definition) is 2. The molecular weight excluding hydrogens is 253 g/mol. The third-order valence-corrected chi connectivity index (χ3v) is 3.60. The van der Waals surface area contributed by atoms with Crippen LogP contribution in [0.4, 0.5) is 18.9 Å². The first-order valence-corrected chi connectivity index (χ1v) is 6.59. The van der Waals surface area contributed by atoms with Gasteiger partial charge in [-0.05, 0) is 56.5 Å². The minimum atomic E-state index is -4.28. The summed E-state index contributed by atoms with van der Waals surface area (Å²) in [6, 6.07) is 3.86. The van der Waals surface area contributed by atoms with Crippen molar-refractivity contribution < 1.29 is 13.2 Å². The maximum absolute atomic E-state index is 12.7. The topological polar surface area (TPSA) is 24.1 Å². The molecule has 1 saturated heterocycles. The zero-order chi connectivity index (χ0) is 13.9. The van der Waals surface area contributed by atoms with Crippen LogP contribution in [0.25, 0.3) is 0 Å². The van der Waals surface area contributed by atoms with Gasteiger partial charge in [-0.2, -0.15) is 13.2 Å². The number of rotatable bonds is 3. The summed E-state index contributed by atoms with van der Waals surface area (Å²) >= 11 is 0. The third-order valence-electron chi connectivity index (χ3n) is 3.60. The van der Waals surface area contributed by atoms with Gasteiger partial charge in [-0.1, -0.05) is 6.07 Å². The Balaban J connectivity index is 2.02. The van der Waals surface area contributed by atoms with Gasteiger partial charge < -0.3 is 10.6 Å². The van der Waals surface area contributed by atoms with Gasteiger partial charge >= 0.3 is 6.18 Å². The monoisotopic (exact) mass is 272 g/mol. The summed E-state index contributed by atoms with van der Waals surface area (Å²) in [7, 11) is 0. The summed E-state index contributed by atoms with van der Waals surface area (Å²) in [6.07, 6.45) is -2.13. The minimum absolute atomic E-state index is 0.537. The van der Waals surface area contributed by atoms with Crippen molar-refractivity contribution in [3.63, 3.8) is 0 Å². The molecule has 0 saturated carbocycles. The number of aryl methyl sites for hydroxylation is 1. The van der Waals surface area contributed by atoms with E-state index in [0.717, 1.165) is 44.1 Å². The van der Waals surface area contributed by atoms with E-state index in [1.54, 1.807) is 0 Å². The fourth-order valence-electron chi connectivity index (χ4n) is 2.33. The van der Waals surface area contributed by atoms with Crippen molar-refractivity contribution >= 4 is 5.69 Å². The smallest absolute Gasteiger partial charge is 0.385 e. The van der Waals surface area contributed by atoms with Crippen LogP contribution in [0.1, 0.15) is 24.0 Å². The Morgan fingerprint density at radius 3 is 2.58 bits per heavy atom. The van der Waals surface area contributed by atoms with Crippen LogP contribution < -0.4 is 10.6 Å². The van der Waals surface area contributed by atoms with Crippen molar-refractivity contribution in [2.75, 3.05) is 25.0 Å². The van der Waals surface area contributed by atoms with E-state index in [9.17, 15) is 13.2 Å². The zero-order valence-electron chi connectivity index (χ0n) is 11.0. The Morgan fingerprint density at radius 2 is 1.95 bits per heavy atom. The van der Waals surface area contributed by atoms with E-state index in [2.05, 4.69) is 10.6 Å². The van der Waals surface area contributed by atoms with E-state index >= 15 is 0 Å². The Bertz CT molecular complexity index is 423. The van der Waals surface area contributed by atoms with Gasteiger partial charge in [-0.25, -0.2) is 0 Å². The molecule has 2 rings (SSSR count). The molecule has 1 aliphatic rings. The summed E-state index contributed by atoms with van der Waals surface area (Å²) in [5.41, 5.74) is 0.848. The molecule has 106 valence electrons. The molecule has 1 aromatic carbocycles. The molecule has 0 radical (unpaired) electrons. The highest BCUT2D eigenvalue weighted by atomic mass is 19.4. The average molecular weight is 272 g/mol. The van der Waals surface area contributed by atoms with Crippen LogP contribution in [0.15, 0.2) is 18.2 Å². The predicted octanol–water partition coefficient (Wildman–Crippen LogP) is 3.43. The van der Waals surface area contributed by atoms with E-state index in [1.165, 1.54) is 12.1 Å². The summed E-state index contributed by atoms with van der Waals surface area (Å²) in [5.74, 6) is 0.537. The number of anilines is 1. The molecule has 0 bridgehead atoms. The molecule has 0 spiro atoms. The van der Waals surface area contributed by atoms with Gasteiger partial charge in [0.25, 0.3) is 0 Å². The summed E-state index contributed by atoms with van der Waals surface area (Å²) in [6.45, 7) is 4.55. The molecule has 1 aromatic rings. The molecule has 0 aliphatic carbocycles. The largest absolute Gasteiger partial charge is 0.416 e. The van der Waals surface area contributed by atoms with E-state index in [-0.39, 0.29) is 0 Å². The van der Waals surface area contributed by atoms with Crippen molar-refractivity contribution in [1.29, 1.82) is 0 Å². The van der Waals surface area contributed by atoms with Crippen LogP contribution >= 0.6 is 0 Å². The van der Waals surface area contributed by atoms with Gasteiger partial charge in [-0.3, -0.25) is 0 Å². The number of hydrogen-bond acceptors (Lipinski definition) is 2. The lowest BCUT2D eigenvalue weighted by molar-refractivity contribution is -0.137. The van der Waals surface area contributed by atoms with Crippen LogP contribution in [-0.4, -0.2) is 19.6 Å². The maximum Gasteiger partial charge on any atom is 0.416 e. The van der Waals surface area contributed by atoms with E-state index in [1.807, 2.05) is 6.92 Å². The molecule has 0 amide bonds. The lowest BCUT2D eigenvalue weighted by Crippen LogP contribution is -2.31. The molecule has 0 aromatic heterocycles. The normalized spacial score (nSPS) is 17.5. The third kappa shape index (κ3) is 3.86. The van der Waals surface area contributed by atoms with Gasteiger partial charge in [0.15, 0.2) is 0 Å². The number of alkyl halides is 3. The van der Waals surface area contributed by atoms with Crippen molar-refractivity contribution in [2.45, 2.75) is 25.9 Å². The Kier molecular flexibility index (Phi) is 4.34. The van der Waals surface area contributed by atoms with E-state index in [0.29, 0.717) is 11.6 Å². The first-order chi connectivity index (χ1) is 8.97. The van der Waals surface area contributed by atoms with E-state index in [4.69, 9.17) is 0 Å². The Hall–Kier alpha value is -1.23. The fraction of sp³-hybridized carbons (Fsp3) is 0.571. The van der Waals surface area contributed by atoms with Gasteiger partial charge in [0.05, 0.1) is 5.56 Å². The molecule has 5 heteroatoms. The molecule has 0 atom stereocenters. The van der Waals surface area contributed by atoms with Crippen LogP contribution in [0.3, 0.4) is 0 Å². The molecule has 1 aliphatic heterocycles. The highest BCUT2D eigenvalue weighted by Crippen LogP contribution is 2.32. The molecule has 1 fully saturated rings. The molecule has 2 nitrogen and oxygen atoms in total. The summed E-state index contributed by atoms with van der Waals surface area (Å²) in [5, 5.41) is 6.44. The highest BCUT2D eigenvalue weighted by molar-refractivity contribution is 5.53. The molecule has 1 heterocycles. The second kappa shape index (κ2) is 5.82. The van der Waals surface area contributed by atoms with Gasteiger partial charge in [0.1, 0.15) is 0 Å². The lowest BCUT2D eigenvalue weighted by Gasteiger charge is -2.24. The second-order valence-corrected chi connectivity index (χ2v) is 5.10. The van der Waals surface area contributed by atoms with Crippen LogP contribution in [-0.2, 0) is 6.18 Å². The first-order valence-electron chi connectivity index (χ1n) is 6.59. The van der Waals surface area contributed by atoms with Crippen molar-refractivity contribution in [3.8, 4) is 0 Å². The number of piperidine rings is 1. The lowest BCUT2D eigenvalue weighted by atomic mass is 9.98. The molecule has 19 heavy (non-hydrogen) atoms. The molecular formula is C14H19F3N2. The van der Waals surface area contributed by atoms with Crippen molar-refractivity contribution in [1.82, 2.24) is 5.32 Å². The summed E-state index contributed by atoms with van der Waals surface area (Å²) < 4.78 is 38.0. The quantitative estimate of drug-likeness (QED) is 0.881. The first kappa shape index (κ1) is 14.2. The number of nitrogens with one attached hydrogen (secondary N) is 2. The van der Waals surface area contributed by atoms with E-state index < -0.39 is 11.7 Å². The van der Waals surface area contributed by atoms with Crippen LogP contribution in [0.2, 0.25) is 0 Å². The van der Waals surface area contributed by atoms with Gasteiger partial charge in [0.2, 0.25) is 0 Å². The van der Waals surface area contributed by atoms with Gasteiger partial charge in [-0.15, -0.1) is 0 Å². The fourth-order valence-corrected chi connectivity index (χ4v) is 2.33. The number of halogens is 3. The minimum Gasteiger partial charge on any atom is -0.385 e. The van der Waals surface area contributed by atoms with Crippen molar-refractivity contribution in [3.05, 3.63) is 29.3 Å².